The van der Waals surface area contributed by atoms with Crippen molar-refractivity contribution in [2.45, 2.75) is 20.3 Å². The van der Waals surface area contributed by atoms with E-state index in [0.717, 1.165) is 17.4 Å². The van der Waals surface area contributed by atoms with E-state index >= 15 is 0 Å². The van der Waals surface area contributed by atoms with Gasteiger partial charge in [-0.3, -0.25) is 4.98 Å². The predicted octanol–water partition coefficient (Wildman–Crippen LogP) is 2.62. The highest BCUT2D eigenvalue weighted by atomic mass is 79.9. The van der Waals surface area contributed by atoms with Crippen molar-refractivity contribution < 1.29 is 0 Å². The monoisotopic (exact) mass is 256 g/mol. The second-order valence-electron chi connectivity index (χ2n) is 3.96. The summed E-state index contributed by atoms with van der Waals surface area (Å²) in [5, 5.41) is 0. The number of aromatic nitrogens is 1. The van der Waals surface area contributed by atoms with Crippen molar-refractivity contribution in [3.8, 4) is 0 Å². The summed E-state index contributed by atoms with van der Waals surface area (Å²) >= 11 is 3.42. The summed E-state index contributed by atoms with van der Waals surface area (Å²) < 4.78 is 1.04. The maximum absolute atomic E-state index is 5.73. The van der Waals surface area contributed by atoms with Crippen molar-refractivity contribution in [3.63, 3.8) is 0 Å². The summed E-state index contributed by atoms with van der Waals surface area (Å²) in [5.74, 6) is 1.17. The minimum atomic E-state index is 0.547. The lowest BCUT2D eigenvalue weighted by atomic mass is 9.90. The first-order valence-electron chi connectivity index (χ1n) is 4.93. The van der Waals surface area contributed by atoms with E-state index in [4.69, 9.17) is 5.73 Å². The Bertz CT molecular complexity index is 286. The average Bonchev–Trinajstić information content (AvgIpc) is 2.14. The lowest BCUT2D eigenvalue weighted by Crippen LogP contribution is -2.22. The van der Waals surface area contributed by atoms with Gasteiger partial charge in [0.25, 0.3) is 0 Å². The van der Waals surface area contributed by atoms with Crippen LogP contribution in [0.25, 0.3) is 0 Å². The number of nitrogens with two attached hydrogens (primary N) is 1. The summed E-state index contributed by atoms with van der Waals surface area (Å²) in [6, 6.07) is 2.11. The lowest BCUT2D eigenvalue weighted by Gasteiger charge is -2.18. The normalized spacial score (nSPS) is 13.2. The second-order valence-corrected chi connectivity index (χ2v) is 4.87. The Morgan fingerprint density at radius 3 is 2.64 bits per heavy atom. The Morgan fingerprint density at radius 2 is 2.14 bits per heavy atom. The fourth-order valence-electron chi connectivity index (χ4n) is 1.46. The van der Waals surface area contributed by atoms with E-state index in [9.17, 15) is 0 Å². The quantitative estimate of drug-likeness (QED) is 0.900. The SMILES string of the molecule is CC(C)C(CN)Cc1cncc(Br)c1. The molecule has 0 aliphatic heterocycles. The summed E-state index contributed by atoms with van der Waals surface area (Å²) in [6.07, 6.45) is 4.73. The van der Waals surface area contributed by atoms with Gasteiger partial charge in [-0.15, -0.1) is 0 Å². The molecule has 1 heterocycles. The van der Waals surface area contributed by atoms with Gasteiger partial charge in [0.2, 0.25) is 0 Å². The topological polar surface area (TPSA) is 38.9 Å². The first kappa shape index (κ1) is 11.7. The Kier molecular flexibility index (Phi) is 4.55. The first-order chi connectivity index (χ1) is 6.63. The fraction of sp³-hybridized carbons (Fsp3) is 0.545. The molecular formula is C11H17BrN2. The predicted molar refractivity (Wildman–Crippen MR) is 63.0 cm³/mol. The Hall–Kier alpha value is -0.410. The van der Waals surface area contributed by atoms with Crippen LogP contribution < -0.4 is 5.73 Å². The van der Waals surface area contributed by atoms with Gasteiger partial charge in [-0.1, -0.05) is 13.8 Å². The molecule has 0 saturated heterocycles. The van der Waals surface area contributed by atoms with Crippen molar-refractivity contribution in [1.29, 1.82) is 0 Å². The van der Waals surface area contributed by atoms with Crippen molar-refractivity contribution in [2.24, 2.45) is 17.6 Å². The Labute approximate surface area is 94.0 Å². The van der Waals surface area contributed by atoms with Gasteiger partial charge in [-0.25, -0.2) is 0 Å². The summed E-state index contributed by atoms with van der Waals surface area (Å²) in [6.45, 7) is 5.16. The van der Waals surface area contributed by atoms with Crippen LogP contribution in [0.15, 0.2) is 22.9 Å². The van der Waals surface area contributed by atoms with E-state index < -0.39 is 0 Å². The molecule has 0 radical (unpaired) electrons. The molecule has 0 spiro atoms. The maximum Gasteiger partial charge on any atom is 0.0410 e. The highest BCUT2D eigenvalue weighted by Crippen LogP contribution is 2.17. The van der Waals surface area contributed by atoms with Crippen LogP contribution in [0, 0.1) is 11.8 Å². The fourth-order valence-corrected chi connectivity index (χ4v) is 1.87. The largest absolute Gasteiger partial charge is 0.330 e. The highest BCUT2D eigenvalue weighted by molar-refractivity contribution is 9.10. The van der Waals surface area contributed by atoms with Crippen molar-refractivity contribution in [2.75, 3.05) is 6.54 Å². The summed E-state index contributed by atoms with van der Waals surface area (Å²) in [7, 11) is 0. The van der Waals surface area contributed by atoms with Gasteiger partial charge in [0.05, 0.1) is 0 Å². The average molecular weight is 257 g/mol. The number of nitrogens with zero attached hydrogens (tertiary/aromatic N) is 1. The Morgan fingerprint density at radius 1 is 1.43 bits per heavy atom. The molecule has 0 saturated carbocycles. The van der Waals surface area contributed by atoms with Crippen molar-refractivity contribution in [1.82, 2.24) is 4.98 Å². The molecule has 2 N–H and O–H groups in total. The zero-order valence-corrected chi connectivity index (χ0v) is 10.3. The maximum atomic E-state index is 5.73. The highest BCUT2D eigenvalue weighted by Gasteiger charge is 2.12. The first-order valence-corrected chi connectivity index (χ1v) is 5.72. The van der Waals surface area contributed by atoms with Crippen LogP contribution in [0.4, 0.5) is 0 Å². The number of halogens is 1. The molecule has 0 bridgehead atoms. The van der Waals surface area contributed by atoms with Crippen LogP contribution in [-0.4, -0.2) is 11.5 Å². The molecule has 0 aliphatic rings. The van der Waals surface area contributed by atoms with Gasteiger partial charge in [0.1, 0.15) is 0 Å². The smallest absolute Gasteiger partial charge is 0.0410 e. The number of pyridine rings is 1. The molecule has 1 aromatic heterocycles. The molecule has 1 aromatic rings. The molecular weight excluding hydrogens is 240 g/mol. The van der Waals surface area contributed by atoms with Crippen LogP contribution in [0.2, 0.25) is 0 Å². The van der Waals surface area contributed by atoms with Gasteiger partial charge >= 0.3 is 0 Å². The van der Waals surface area contributed by atoms with Crippen LogP contribution in [-0.2, 0) is 6.42 Å². The molecule has 1 rings (SSSR count). The Balaban J connectivity index is 2.67. The van der Waals surface area contributed by atoms with E-state index in [2.05, 4.69) is 40.8 Å². The second kappa shape index (κ2) is 5.47. The van der Waals surface area contributed by atoms with E-state index in [1.807, 2.05) is 6.20 Å². The summed E-state index contributed by atoms with van der Waals surface area (Å²) in [5.41, 5.74) is 6.98. The third-order valence-electron chi connectivity index (χ3n) is 2.50. The minimum Gasteiger partial charge on any atom is -0.330 e. The third kappa shape index (κ3) is 3.39. The van der Waals surface area contributed by atoms with Crippen LogP contribution in [0.5, 0.6) is 0 Å². The minimum absolute atomic E-state index is 0.547. The third-order valence-corrected chi connectivity index (χ3v) is 2.94. The number of hydrogen-bond donors (Lipinski definition) is 1. The van der Waals surface area contributed by atoms with E-state index in [0.29, 0.717) is 11.8 Å². The lowest BCUT2D eigenvalue weighted by molar-refractivity contribution is 0.391. The van der Waals surface area contributed by atoms with Crippen LogP contribution in [0.1, 0.15) is 19.4 Å². The van der Waals surface area contributed by atoms with Gasteiger partial charge in [-0.2, -0.15) is 0 Å². The van der Waals surface area contributed by atoms with E-state index in [-0.39, 0.29) is 0 Å². The molecule has 2 nitrogen and oxygen atoms in total. The summed E-state index contributed by atoms with van der Waals surface area (Å²) in [4.78, 5) is 4.14. The molecule has 0 amide bonds. The molecule has 1 unspecified atom stereocenters. The van der Waals surface area contributed by atoms with Crippen molar-refractivity contribution >= 4 is 15.9 Å². The molecule has 3 heteroatoms. The van der Waals surface area contributed by atoms with Gasteiger partial charge in [0, 0.05) is 16.9 Å². The molecule has 1 atom stereocenters. The number of hydrogen-bond acceptors (Lipinski definition) is 2. The van der Waals surface area contributed by atoms with Crippen LogP contribution in [0.3, 0.4) is 0 Å². The number of rotatable bonds is 4. The van der Waals surface area contributed by atoms with Gasteiger partial charge < -0.3 is 5.73 Å². The zero-order chi connectivity index (χ0) is 10.6. The van der Waals surface area contributed by atoms with Gasteiger partial charge in [-0.05, 0) is 52.4 Å². The standard InChI is InChI=1S/C11H17BrN2/c1-8(2)10(5-13)3-9-4-11(12)7-14-6-9/h4,6-8,10H,3,5,13H2,1-2H3. The van der Waals surface area contributed by atoms with Crippen LogP contribution >= 0.6 is 15.9 Å². The van der Waals surface area contributed by atoms with Crippen molar-refractivity contribution in [3.05, 3.63) is 28.5 Å². The van der Waals surface area contributed by atoms with Gasteiger partial charge in [0.15, 0.2) is 0 Å². The molecule has 0 aromatic carbocycles. The van der Waals surface area contributed by atoms with E-state index in [1.165, 1.54) is 5.56 Å². The van der Waals surface area contributed by atoms with E-state index in [1.54, 1.807) is 6.20 Å². The zero-order valence-electron chi connectivity index (χ0n) is 8.70. The molecule has 14 heavy (non-hydrogen) atoms. The molecule has 0 aliphatic carbocycles. The molecule has 78 valence electrons. The molecule has 0 fully saturated rings.